The number of nitrogens with one attached hydrogen (secondary N) is 1. The molecule has 41 heavy (non-hydrogen) atoms. The average Bonchev–Trinajstić information content (AvgIpc) is 2.99. The van der Waals surface area contributed by atoms with Gasteiger partial charge < -0.3 is 29.3 Å². The molecular formula is C30H38F2N6O3. The molecule has 0 unspecified atom stereocenters. The number of anilines is 3. The smallest absolute Gasteiger partial charge is 0.227 e. The standard InChI is InChI=1S/C30H38F2N6O3/c1-20-15-21(5-6-25(20)38-9-7-22(8-10-38)37-13-11-36(2)12-14-37)35-30-33-17-23(18-34-30)41-19-24-28(31)26(39-3)16-27(40-4)29(24)32/h5-6,15-18,22H,7-14,19H2,1-4H3,(H,33,34,35). The van der Waals surface area contributed by atoms with E-state index >= 15 is 0 Å². The molecule has 5 rings (SSSR count). The van der Waals surface area contributed by atoms with Crippen LogP contribution in [0.25, 0.3) is 0 Å². The molecule has 0 spiro atoms. The molecule has 0 radical (unpaired) electrons. The second-order valence-corrected chi connectivity index (χ2v) is 10.6. The zero-order valence-electron chi connectivity index (χ0n) is 24.1. The van der Waals surface area contributed by atoms with E-state index < -0.39 is 11.6 Å². The van der Waals surface area contributed by atoms with Gasteiger partial charge in [-0.3, -0.25) is 4.90 Å². The molecule has 0 bridgehead atoms. The molecule has 0 atom stereocenters. The predicted octanol–water partition coefficient (Wildman–Crippen LogP) is 4.62. The molecule has 11 heteroatoms. The summed E-state index contributed by atoms with van der Waals surface area (Å²) >= 11 is 0. The summed E-state index contributed by atoms with van der Waals surface area (Å²) in [5.41, 5.74) is 3.01. The second-order valence-electron chi connectivity index (χ2n) is 10.6. The summed E-state index contributed by atoms with van der Waals surface area (Å²) in [5, 5.41) is 3.22. The number of nitrogens with zero attached hydrogens (tertiary/aromatic N) is 5. The van der Waals surface area contributed by atoms with E-state index in [9.17, 15) is 8.78 Å². The van der Waals surface area contributed by atoms with E-state index in [1.54, 1.807) is 0 Å². The van der Waals surface area contributed by atoms with Crippen LogP contribution < -0.4 is 24.4 Å². The fourth-order valence-corrected chi connectivity index (χ4v) is 5.55. The summed E-state index contributed by atoms with van der Waals surface area (Å²) < 4.78 is 44.7. The van der Waals surface area contributed by atoms with E-state index in [1.807, 2.05) is 6.07 Å². The van der Waals surface area contributed by atoms with Crippen LogP contribution in [0.2, 0.25) is 0 Å². The van der Waals surface area contributed by atoms with E-state index in [-0.39, 0.29) is 29.4 Å². The number of halogens is 2. The first-order valence-corrected chi connectivity index (χ1v) is 13.9. The molecule has 3 aromatic rings. The fraction of sp³-hybridized carbons (Fsp3) is 0.467. The van der Waals surface area contributed by atoms with Gasteiger partial charge in [0.05, 0.1) is 32.2 Å². The molecule has 9 nitrogen and oxygen atoms in total. The van der Waals surface area contributed by atoms with Crippen LogP contribution in [0.5, 0.6) is 17.2 Å². The minimum absolute atomic E-state index is 0.130. The van der Waals surface area contributed by atoms with Crippen LogP contribution in [0.3, 0.4) is 0 Å². The Hall–Kier alpha value is -3.70. The lowest BCUT2D eigenvalue weighted by atomic mass is 10.0. The Morgan fingerprint density at radius 2 is 1.54 bits per heavy atom. The van der Waals surface area contributed by atoms with Crippen LogP contribution in [0.4, 0.5) is 26.1 Å². The van der Waals surface area contributed by atoms with Crippen LogP contribution in [0, 0.1) is 18.6 Å². The van der Waals surface area contributed by atoms with Gasteiger partial charge in [0.2, 0.25) is 5.95 Å². The molecule has 2 saturated heterocycles. The summed E-state index contributed by atoms with van der Waals surface area (Å²) in [6.45, 7) is 8.52. The Kier molecular flexibility index (Phi) is 9.04. The summed E-state index contributed by atoms with van der Waals surface area (Å²) in [7, 11) is 4.80. The number of aryl methyl sites for hydroxylation is 1. The van der Waals surface area contributed by atoms with Gasteiger partial charge in [-0.2, -0.15) is 0 Å². The van der Waals surface area contributed by atoms with Gasteiger partial charge in [0.25, 0.3) is 0 Å². The van der Waals surface area contributed by atoms with E-state index in [1.165, 1.54) is 63.8 Å². The molecule has 2 aliphatic rings. The van der Waals surface area contributed by atoms with E-state index in [4.69, 9.17) is 14.2 Å². The first kappa shape index (κ1) is 28.8. The Morgan fingerprint density at radius 3 is 2.12 bits per heavy atom. The summed E-state index contributed by atoms with van der Waals surface area (Å²) in [6, 6.07) is 8.11. The maximum atomic E-state index is 14.6. The second kappa shape index (κ2) is 12.9. The van der Waals surface area contributed by atoms with Crippen molar-refractivity contribution in [1.82, 2.24) is 19.8 Å². The van der Waals surface area contributed by atoms with Gasteiger partial charge in [0.15, 0.2) is 28.9 Å². The van der Waals surface area contributed by atoms with Crippen LogP contribution in [-0.2, 0) is 6.61 Å². The number of aromatic nitrogens is 2. The van der Waals surface area contributed by atoms with Crippen molar-refractivity contribution in [2.75, 3.05) is 70.8 Å². The molecule has 0 amide bonds. The molecule has 0 aliphatic carbocycles. The number of ether oxygens (including phenoxy) is 3. The number of benzene rings is 2. The highest BCUT2D eigenvalue weighted by Gasteiger charge is 2.27. The van der Waals surface area contributed by atoms with Crippen molar-refractivity contribution in [2.24, 2.45) is 0 Å². The van der Waals surface area contributed by atoms with Gasteiger partial charge in [-0.1, -0.05) is 0 Å². The lowest BCUT2D eigenvalue weighted by Crippen LogP contribution is -2.52. The summed E-state index contributed by atoms with van der Waals surface area (Å²) in [6.07, 6.45) is 5.29. The van der Waals surface area contributed by atoms with Crippen molar-refractivity contribution in [3.8, 4) is 17.2 Å². The fourth-order valence-electron chi connectivity index (χ4n) is 5.55. The molecule has 0 saturated carbocycles. The van der Waals surface area contributed by atoms with Crippen LogP contribution in [0.15, 0.2) is 36.7 Å². The van der Waals surface area contributed by atoms with Crippen molar-refractivity contribution in [1.29, 1.82) is 0 Å². The van der Waals surface area contributed by atoms with Gasteiger partial charge in [-0.15, -0.1) is 0 Å². The van der Waals surface area contributed by atoms with Crippen molar-refractivity contribution < 1.29 is 23.0 Å². The van der Waals surface area contributed by atoms with E-state index in [2.05, 4.69) is 56.1 Å². The van der Waals surface area contributed by atoms with Gasteiger partial charge in [0, 0.05) is 62.8 Å². The monoisotopic (exact) mass is 568 g/mol. The number of rotatable bonds is 9. The van der Waals surface area contributed by atoms with Gasteiger partial charge in [0.1, 0.15) is 6.61 Å². The molecule has 2 aromatic carbocycles. The molecule has 2 aliphatic heterocycles. The SMILES string of the molecule is COc1cc(OC)c(F)c(COc2cnc(Nc3ccc(N4CCC(N5CCN(C)CC5)CC4)c(C)c3)nc2)c1F. The van der Waals surface area contributed by atoms with Crippen molar-refractivity contribution in [3.63, 3.8) is 0 Å². The molecular weight excluding hydrogens is 530 g/mol. The third kappa shape index (κ3) is 6.62. The summed E-state index contributed by atoms with van der Waals surface area (Å²) in [5.74, 6) is -1.30. The highest BCUT2D eigenvalue weighted by Crippen LogP contribution is 2.32. The Labute approximate surface area is 240 Å². The molecule has 220 valence electrons. The maximum absolute atomic E-state index is 14.6. The van der Waals surface area contributed by atoms with Gasteiger partial charge >= 0.3 is 0 Å². The highest BCUT2D eigenvalue weighted by atomic mass is 19.1. The number of hydrogen-bond donors (Lipinski definition) is 1. The average molecular weight is 569 g/mol. The van der Waals surface area contributed by atoms with Crippen LogP contribution in [-0.4, -0.2) is 86.3 Å². The molecule has 2 fully saturated rings. The topological polar surface area (TPSA) is 75.2 Å². The quantitative estimate of drug-likeness (QED) is 0.398. The first-order chi connectivity index (χ1) is 19.9. The Bertz CT molecular complexity index is 1300. The van der Waals surface area contributed by atoms with Crippen LogP contribution in [0.1, 0.15) is 24.0 Å². The molecule has 3 heterocycles. The van der Waals surface area contributed by atoms with Crippen molar-refractivity contribution >= 4 is 17.3 Å². The van der Waals surface area contributed by atoms with Crippen LogP contribution >= 0.6 is 0 Å². The van der Waals surface area contributed by atoms with Crippen molar-refractivity contribution in [2.45, 2.75) is 32.4 Å². The lowest BCUT2D eigenvalue weighted by molar-refractivity contribution is 0.0982. The van der Waals surface area contributed by atoms with E-state index in [0.717, 1.165) is 37.9 Å². The highest BCUT2D eigenvalue weighted by molar-refractivity contribution is 5.63. The number of piperidine rings is 1. The largest absolute Gasteiger partial charge is 0.494 e. The van der Waals surface area contributed by atoms with Gasteiger partial charge in [-0.05, 0) is 50.6 Å². The first-order valence-electron chi connectivity index (χ1n) is 13.9. The number of likely N-dealkylation sites (N-methyl/N-ethyl adjacent to an activating group) is 1. The third-order valence-electron chi connectivity index (χ3n) is 7.99. The van der Waals surface area contributed by atoms with Crippen molar-refractivity contribution in [3.05, 3.63) is 59.4 Å². The van der Waals surface area contributed by atoms with Gasteiger partial charge in [-0.25, -0.2) is 18.7 Å². The molecule has 1 N–H and O–H groups in total. The Morgan fingerprint density at radius 1 is 0.902 bits per heavy atom. The zero-order valence-corrected chi connectivity index (χ0v) is 24.1. The normalized spacial score (nSPS) is 17.0. The zero-order chi connectivity index (χ0) is 28.9. The van der Waals surface area contributed by atoms with E-state index in [0.29, 0.717) is 12.0 Å². The maximum Gasteiger partial charge on any atom is 0.227 e. The predicted molar refractivity (Wildman–Crippen MR) is 155 cm³/mol. The molecule has 1 aromatic heterocycles. The number of piperazine rings is 1. The third-order valence-corrected chi connectivity index (χ3v) is 7.99. The number of methoxy groups -OCH3 is 2. The Balaban J connectivity index is 1.16. The number of hydrogen-bond acceptors (Lipinski definition) is 9. The minimum atomic E-state index is -0.844. The minimum Gasteiger partial charge on any atom is -0.494 e. The summed E-state index contributed by atoms with van der Waals surface area (Å²) in [4.78, 5) is 16.1. The lowest BCUT2D eigenvalue weighted by Gasteiger charge is -2.43.